The predicted molar refractivity (Wildman–Crippen MR) is 68.8 cm³/mol. The van der Waals surface area contributed by atoms with E-state index in [1.54, 1.807) is 0 Å². The van der Waals surface area contributed by atoms with Crippen LogP contribution >= 0.6 is 0 Å². The molecule has 98 valence electrons. The van der Waals surface area contributed by atoms with Crippen LogP contribution in [0.4, 0.5) is 0 Å². The van der Waals surface area contributed by atoms with Crippen LogP contribution in [0.1, 0.15) is 25.7 Å². The van der Waals surface area contributed by atoms with E-state index in [4.69, 9.17) is 0 Å². The first kappa shape index (κ1) is 12.8. The van der Waals surface area contributed by atoms with Gasteiger partial charge in [0.2, 0.25) is 5.91 Å². The van der Waals surface area contributed by atoms with Gasteiger partial charge in [-0.2, -0.15) is 0 Å². The molecule has 0 bridgehead atoms. The maximum atomic E-state index is 11.9. The molecule has 2 heterocycles. The summed E-state index contributed by atoms with van der Waals surface area (Å²) in [5, 5.41) is 6.43. The average molecular weight is 239 g/mol. The van der Waals surface area contributed by atoms with Gasteiger partial charge >= 0.3 is 0 Å². The molecule has 0 unspecified atom stereocenters. The topological polar surface area (TPSA) is 44.4 Å². The van der Waals surface area contributed by atoms with Gasteiger partial charge in [0.15, 0.2) is 0 Å². The highest BCUT2D eigenvalue weighted by molar-refractivity contribution is 5.78. The van der Waals surface area contributed by atoms with Gasteiger partial charge in [-0.25, -0.2) is 0 Å². The molecule has 0 saturated carbocycles. The molecular weight excluding hydrogens is 214 g/mol. The molecule has 1 amide bonds. The molecule has 2 aliphatic heterocycles. The van der Waals surface area contributed by atoms with Crippen LogP contribution in [0.25, 0.3) is 0 Å². The SMILES string of the molecule is CN1CCC(CNC(=O)[C@@H]2CCCNC2)CC1. The van der Waals surface area contributed by atoms with E-state index >= 15 is 0 Å². The van der Waals surface area contributed by atoms with Gasteiger partial charge in [0, 0.05) is 13.1 Å². The van der Waals surface area contributed by atoms with Gasteiger partial charge < -0.3 is 15.5 Å². The average Bonchev–Trinajstić information content (AvgIpc) is 2.39. The summed E-state index contributed by atoms with van der Waals surface area (Å²) in [6.45, 7) is 5.15. The van der Waals surface area contributed by atoms with Crippen molar-refractivity contribution >= 4 is 5.91 Å². The van der Waals surface area contributed by atoms with E-state index in [0.29, 0.717) is 5.92 Å². The second-order valence-electron chi connectivity index (χ2n) is 5.54. The summed E-state index contributed by atoms with van der Waals surface area (Å²) in [6, 6.07) is 0. The highest BCUT2D eigenvalue weighted by Gasteiger charge is 2.22. The molecule has 4 nitrogen and oxygen atoms in total. The van der Waals surface area contributed by atoms with Gasteiger partial charge in [-0.3, -0.25) is 4.79 Å². The van der Waals surface area contributed by atoms with Crippen LogP contribution in [-0.4, -0.2) is 50.6 Å². The summed E-state index contributed by atoms with van der Waals surface area (Å²) in [6.07, 6.45) is 4.62. The second-order valence-corrected chi connectivity index (χ2v) is 5.54. The van der Waals surface area contributed by atoms with Gasteiger partial charge in [-0.15, -0.1) is 0 Å². The van der Waals surface area contributed by atoms with Crippen LogP contribution in [0.3, 0.4) is 0 Å². The zero-order valence-electron chi connectivity index (χ0n) is 10.9. The second kappa shape index (κ2) is 6.36. The zero-order valence-corrected chi connectivity index (χ0v) is 10.9. The van der Waals surface area contributed by atoms with E-state index in [1.165, 1.54) is 25.9 Å². The number of likely N-dealkylation sites (tertiary alicyclic amines) is 1. The summed E-state index contributed by atoms with van der Waals surface area (Å²) >= 11 is 0. The van der Waals surface area contributed by atoms with Crippen LogP contribution in [-0.2, 0) is 4.79 Å². The number of nitrogens with zero attached hydrogens (tertiary/aromatic N) is 1. The number of nitrogens with one attached hydrogen (secondary N) is 2. The third-order valence-electron chi connectivity index (χ3n) is 4.07. The number of rotatable bonds is 3. The predicted octanol–water partition coefficient (Wildman–Crippen LogP) is 0.444. The Kier molecular flexibility index (Phi) is 4.80. The third kappa shape index (κ3) is 3.96. The zero-order chi connectivity index (χ0) is 12.1. The minimum atomic E-state index is 0.204. The number of piperidine rings is 2. The molecule has 2 N–H and O–H groups in total. The van der Waals surface area contributed by atoms with E-state index in [2.05, 4.69) is 22.6 Å². The normalized spacial score (nSPS) is 27.9. The van der Waals surface area contributed by atoms with Gasteiger partial charge in [-0.1, -0.05) is 0 Å². The van der Waals surface area contributed by atoms with Crippen molar-refractivity contribution in [2.24, 2.45) is 11.8 Å². The Hall–Kier alpha value is -0.610. The largest absolute Gasteiger partial charge is 0.356 e. The third-order valence-corrected chi connectivity index (χ3v) is 4.07. The highest BCUT2D eigenvalue weighted by atomic mass is 16.1. The van der Waals surface area contributed by atoms with Crippen molar-refractivity contribution in [2.75, 3.05) is 39.8 Å². The van der Waals surface area contributed by atoms with Crippen molar-refractivity contribution in [3.8, 4) is 0 Å². The van der Waals surface area contributed by atoms with E-state index < -0.39 is 0 Å². The molecular formula is C13H25N3O. The highest BCUT2D eigenvalue weighted by Crippen LogP contribution is 2.15. The van der Waals surface area contributed by atoms with Crippen LogP contribution in [0.5, 0.6) is 0 Å². The smallest absolute Gasteiger partial charge is 0.224 e. The lowest BCUT2D eigenvalue weighted by Crippen LogP contribution is -2.43. The van der Waals surface area contributed by atoms with Gasteiger partial charge in [0.05, 0.1) is 5.92 Å². The van der Waals surface area contributed by atoms with Crippen molar-refractivity contribution in [3.05, 3.63) is 0 Å². The quantitative estimate of drug-likeness (QED) is 0.751. The van der Waals surface area contributed by atoms with Crippen LogP contribution in [0, 0.1) is 11.8 Å². The summed E-state index contributed by atoms with van der Waals surface area (Å²) in [5.41, 5.74) is 0. The van der Waals surface area contributed by atoms with Crippen molar-refractivity contribution in [1.29, 1.82) is 0 Å². The number of hydrogen-bond donors (Lipinski definition) is 2. The van der Waals surface area contributed by atoms with Crippen LogP contribution in [0.2, 0.25) is 0 Å². The Morgan fingerprint density at radius 1 is 1.35 bits per heavy atom. The van der Waals surface area contributed by atoms with Crippen LogP contribution in [0.15, 0.2) is 0 Å². The first-order valence-corrected chi connectivity index (χ1v) is 6.92. The Balaban J connectivity index is 1.65. The standard InChI is InChI=1S/C13H25N3O/c1-16-7-4-11(5-8-16)9-15-13(17)12-3-2-6-14-10-12/h11-12,14H,2-10H2,1H3,(H,15,17)/t12-/m1/s1. The lowest BCUT2D eigenvalue weighted by atomic mass is 9.95. The lowest BCUT2D eigenvalue weighted by molar-refractivity contribution is -0.125. The van der Waals surface area contributed by atoms with Crippen molar-refractivity contribution in [3.63, 3.8) is 0 Å². The fourth-order valence-corrected chi connectivity index (χ4v) is 2.73. The van der Waals surface area contributed by atoms with E-state index in [0.717, 1.165) is 32.5 Å². The molecule has 1 atom stereocenters. The maximum Gasteiger partial charge on any atom is 0.224 e. The van der Waals surface area contributed by atoms with E-state index in [-0.39, 0.29) is 11.8 Å². The molecule has 0 aromatic heterocycles. The molecule has 0 aromatic carbocycles. The molecule has 4 heteroatoms. The molecule has 2 aliphatic rings. The number of amides is 1. The maximum absolute atomic E-state index is 11.9. The Labute approximate surface area is 104 Å². The minimum Gasteiger partial charge on any atom is -0.356 e. The lowest BCUT2D eigenvalue weighted by Gasteiger charge is -2.29. The number of hydrogen-bond acceptors (Lipinski definition) is 3. The van der Waals surface area contributed by atoms with Crippen molar-refractivity contribution < 1.29 is 4.79 Å². The summed E-state index contributed by atoms with van der Waals surface area (Å²) in [4.78, 5) is 14.3. The van der Waals surface area contributed by atoms with Gasteiger partial charge in [0.1, 0.15) is 0 Å². The fraction of sp³-hybridized carbons (Fsp3) is 0.923. The first-order valence-electron chi connectivity index (χ1n) is 6.92. The molecule has 0 spiro atoms. The van der Waals surface area contributed by atoms with Crippen molar-refractivity contribution in [2.45, 2.75) is 25.7 Å². The van der Waals surface area contributed by atoms with Gasteiger partial charge in [0.25, 0.3) is 0 Å². The molecule has 0 radical (unpaired) electrons. The fourth-order valence-electron chi connectivity index (χ4n) is 2.73. The number of carbonyl (C=O) groups excluding carboxylic acids is 1. The molecule has 0 aliphatic carbocycles. The molecule has 2 fully saturated rings. The Bertz CT molecular complexity index is 243. The van der Waals surface area contributed by atoms with E-state index in [1.807, 2.05) is 0 Å². The minimum absolute atomic E-state index is 0.204. The summed E-state index contributed by atoms with van der Waals surface area (Å²) in [5.74, 6) is 1.15. The van der Waals surface area contributed by atoms with Gasteiger partial charge in [-0.05, 0) is 58.3 Å². The molecule has 17 heavy (non-hydrogen) atoms. The Morgan fingerprint density at radius 3 is 2.76 bits per heavy atom. The summed E-state index contributed by atoms with van der Waals surface area (Å²) < 4.78 is 0. The van der Waals surface area contributed by atoms with Crippen LogP contribution < -0.4 is 10.6 Å². The Morgan fingerprint density at radius 2 is 2.12 bits per heavy atom. The van der Waals surface area contributed by atoms with Crippen molar-refractivity contribution in [1.82, 2.24) is 15.5 Å². The monoisotopic (exact) mass is 239 g/mol. The molecule has 2 saturated heterocycles. The summed E-state index contributed by atoms with van der Waals surface area (Å²) in [7, 11) is 2.17. The first-order chi connectivity index (χ1) is 8.25. The molecule has 2 rings (SSSR count). The van der Waals surface area contributed by atoms with E-state index in [9.17, 15) is 4.79 Å². The molecule has 0 aromatic rings. The number of carbonyl (C=O) groups is 1.